The van der Waals surface area contributed by atoms with Crippen molar-refractivity contribution >= 4 is 16.9 Å². The zero-order chi connectivity index (χ0) is 25.1. The Balaban J connectivity index is 1.72. The normalized spacial score (nSPS) is 21.2. The Morgan fingerprint density at radius 1 is 0.972 bits per heavy atom. The van der Waals surface area contributed by atoms with Gasteiger partial charge in [0.25, 0.3) is 0 Å². The number of carboxylic acid groups (broad SMARTS) is 1. The van der Waals surface area contributed by atoms with Crippen LogP contribution in [0.25, 0.3) is 27.8 Å². The van der Waals surface area contributed by atoms with Crippen LogP contribution >= 0.6 is 0 Å². The second kappa shape index (κ2) is 8.41. The van der Waals surface area contributed by atoms with Gasteiger partial charge in [-0.05, 0) is 72.6 Å². The van der Waals surface area contributed by atoms with E-state index >= 15 is 0 Å². The van der Waals surface area contributed by atoms with Crippen LogP contribution in [0.1, 0.15) is 41.1 Å². The monoisotopic (exact) mass is 493 g/mol. The molecule has 8 heteroatoms. The summed E-state index contributed by atoms with van der Waals surface area (Å²) in [5.41, 5.74) is 2.62. The highest BCUT2D eigenvalue weighted by atomic mass is 19.2. The Bertz CT molecular complexity index is 1500. The van der Waals surface area contributed by atoms with E-state index in [4.69, 9.17) is 4.74 Å². The number of halogens is 3. The zero-order valence-electron chi connectivity index (χ0n) is 19.0. The molecule has 184 valence electrons. The highest BCUT2D eigenvalue weighted by Crippen LogP contribution is 2.52. The van der Waals surface area contributed by atoms with Gasteiger partial charge in [0.2, 0.25) is 0 Å². The Labute approximate surface area is 204 Å². The van der Waals surface area contributed by atoms with Crippen molar-refractivity contribution in [3.8, 4) is 22.7 Å². The fourth-order valence-electron chi connectivity index (χ4n) is 5.86. The molecule has 3 fully saturated rings. The number of aromatic nitrogens is 1. The molecule has 1 aromatic heterocycles. The molecule has 0 spiro atoms. The molecule has 7 rings (SSSR count). The summed E-state index contributed by atoms with van der Waals surface area (Å²) in [6, 6.07) is 12.0. The summed E-state index contributed by atoms with van der Waals surface area (Å²) in [6.45, 7) is 0.562. The highest BCUT2D eigenvalue weighted by Gasteiger charge is 2.41. The lowest BCUT2D eigenvalue weighted by Crippen LogP contribution is -2.38. The quantitative estimate of drug-likeness (QED) is 0.345. The van der Waals surface area contributed by atoms with E-state index in [1.165, 1.54) is 24.3 Å². The SMILES string of the molecule is O=C(O)c1ccc(-c2c(C3CC4CCC3CO4)c3c(O)cc(F)cc3n2-c2ccc(F)c(F)c2)cc1. The number of carboxylic acids is 1. The molecular formula is C28H22F3NO4. The molecule has 0 radical (unpaired) electrons. The van der Waals surface area contributed by atoms with Crippen molar-refractivity contribution in [2.45, 2.75) is 31.3 Å². The van der Waals surface area contributed by atoms with Crippen molar-refractivity contribution in [3.05, 3.63) is 83.2 Å². The summed E-state index contributed by atoms with van der Waals surface area (Å²) >= 11 is 0. The number of carbonyl (C=O) groups is 1. The Kier molecular flexibility index (Phi) is 5.30. The molecule has 2 N–H and O–H groups in total. The second-order valence-electron chi connectivity index (χ2n) is 9.53. The molecule has 2 bridgehead atoms. The van der Waals surface area contributed by atoms with Gasteiger partial charge in [-0.3, -0.25) is 0 Å². The maximum Gasteiger partial charge on any atom is 0.335 e. The lowest BCUT2D eigenvalue weighted by Gasteiger charge is -2.42. The number of hydrogen-bond acceptors (Lipinski definition) is 3. The molecule has 3 heterocycles. The van der Waals surface area contributed by atoms with Gasteiger partial charge in [0.05, 0.1) is 29.5 Å². The minimum absolute atomic E-state index is 0.0305. The van der Waals surface area contributed by atoms with Gasteiger partial charge in [-0.1, -0.05) is 12.1 Å². The summed E-state index contributed by atoms with van der Waals surface area (Å²) < 4.78 is 50.4. The first-order chi connectivity index (χ1) is 17.3. The third-order valence-electron chi connectivity index (χ3n) is 7.48. The van der Waals surface area contributed by atoms with Crippen LogP contribution in [0.2, 0.25) is 0 Å². The van der Waals surface area contributed by atoms with E-state index in [-0.39, 0.29) is 34.9 Å². The number of aromatic carboxylic acids is 1. The molecule has 1 aliphatic carbocycles. The number of phenols is 1. The average molecular weight is 493 g/mol. The van der Waals surface area contributed by atoms with Gasteiger partial charge < -0.3 is 19.5 Å². The minimum Gasteiger partial charge on any atom is -0.507 e. The van der Waals surface area contributed by atoms with Crippen LogP contribution in [0.3, 0.4) is 0 Å². The zero-order valence-corrected chi connectivity index (χ0v) is 19.0. The van der Waals surface area contributed by atoms with E-state index in [0.717, 1.165) is 36.6 Å². The first-order valence-electron chi connectivity index (χ1n) is 11.8. The fourth-order valence-corrected chi connectivity index (χ4v) is 5.86. The summed E-state index contributed by atoms with van der Waals surface area (Å²) in [6.07, 6.45) is 2.64. The van der Waals surface area contributed by atoms with E-state index in [9.17, 15) is 28.2 Å². The van der Waals surface area contributed by atoms with Crippen LogP contribution in [0.5, 0.6) is 5.75 Å². The van der Waals surface area contributed by atoms with Crippen LogP contribution in [0.4, 0.5) is 13.2 Å². The van der Waals surface area contributed by atoms with Crippen LogP contribution in [0, 0.1) is 23.4 Å². The van der Waals surface area contributed by atoms with Crippen molar-refractivity contribution in [2.75, 3.05) is 6.61 Å². The Morgan fingerprint density at radius 3 is 2.36 bits per heavy atom. The van der Waals surface area contributed by atoms with Gasteiger partial charge >= 0.3 is 5.97 Å². The summed E-state index contributed by atoms with van der Waals surface area (Å²) in [4.78, 5) is 11.5. The maximum atomic E-state index is 14.6. The van der Waals surface area contributed by atoms with Crippen LogP contribution < -0.4 is 0 Å². The van der Waals surface area contributed by atoms with Gasteiger partial charge in [0, 0.05) is 23.2 Å². The first kappa shape index (κ1) is 22.7. The number of phenolic OH excluding ortho intramolecular Hbond substituents is 1. The minimum atomic E-state index is -1.08. The van der Waals surface area contributed by atoms with Gasteiger partial charge in [0.15, 0.2) is 11.6 Å². The summed E-state index contributed by atoms with van der Waals surface area (Å²) in [5.74, 6) is -3.93. The molecule has 3 atom stereocenters. The molecular weight excluding hydrogens is 471 g/mol. The number of benzene rings is 3. The molecule has 3 aromatic carbocycles. The van der Waals surface area contributed by atoms with E-state index < -0.39 is 23.4 Å². The fraction of sp³-hybridized carbons (Fsp3) is 0.250. The van der Waals surface area contributed by atoms with Gasteiger partial charge in [0.1, 0.15) is 11.6 Å². The third-order valence-corrected chi connectivity index (χ3v) is 7.48. The number of hydrogen-bond donors (Lipinski definition) is 2. The Hall–Kier alpha value is -3.78. The largest absolute Gasteiger partial charge is 0.507 e. The number of aromatic hydroxyl groups is 1. The summed E-state index contributed by atoms with van der Waals surface area (Å²) in [5, 5.41) is 20.8. The van der Waals surface area contributed by atoms with Gasteiger partial charge in [-0.2, -0.15) is 0 Å². The molecule has 3 aliphatic rings. The van der Waals surface area contributed by atoms with Gasteiger partial charge in [-0.25, -0.2) is 18.0 Å². The Morgan fingerprint density at radius 2 is 1.75 bits per heavy atom. The molecule has 0 amide bonds. The lowest BCUT2D eigenvalue weighted by atomic mass is 9.71. The van der Waals surface area contributed by atoms with Crippen LogP contribution in [-0.4, -0.2) is 33.5 Å². The first-order valence-corrected chi connectivity index (χ1v) is 11.8. The second-order valence-corrected chi connectivity index (χ2v) is 9.53. The van der Waals surface area contributed by atoms with Crippen molar-refractivity contribution in [3.63, 3.8) is 0 Å². The van der Waals surface area contributed by atoms with Crippen molar-refractivity contribution in [2.24, 2.45) is 5.92 Å². The van der Waals surface area contributed by atoms with Crippen LogP contribution in [0.15, 0.2) is 54.6 Å². The molecule has 5 nitrogen and oxygen atoms in total. The molecule has 36 heavy (non-hydrogen) atoms. The van der Waals surface area contributed by atoms with Crippen molar-refractivity contribution in [1.29, 1.82) is 0 Å². The van der Waals surface area contributed by atoms with E-state index in [2.05, 4.69) is 0 Å². The summed E-state index contributed by atoms with van der Waals surface area (Å²) in [7, 11) is 0. The molecule has 2 aliphatic heterocycles. The number of rotatable bonds is 4. The molecule has 3 unspecified atom stereocenters. The average Bonchev–Trinajstić information content (AvgIpc) is 3.21. The van der Waals surface area contributed by atoms with Gasteiger partial charge in [-0.15, -0.1) is 0 Å². The highest BCUT2D eigenvalue weighted by molar-refractivity contribution is 5.98. The van der Waals surface area contributed by atoms with Crippen molar-refractivity contribution in [1.82, 2.24) is 4.57 Å². The molecule has 2 saturated heterocycles. The predicted octanol–water partition coefficient (Wildman–Crippen LogP) is 6.40. The lowest BCUT2D eigenvalue weighted by molar-refractivity contribution is -0.0733. The standard InChI is InChI=1S/C28H22F3NO4/c29-17-9-23-26(24(33)10-17)25(20-12-19-7-5-16(20)13-36-19)27(14-1-3-15(4-2-14)28(34)35)32(23)18-6-8-21(30)22(31)11-18/h1-4,6,8-11,16,19-20,33H,5,7,12-13H2,(H,34,35). The maximum absolute atomic E-state index is 14.6. The molecule has 4 aromatic rings. The van der Waals surface area contributed by atoms with Crippen LogP contribution in [-0.2, 0) is 4.74 Å². The topological polar surface area (TPSA) is 71.7 Å². The smallest absolute Gasteiger partial charge is 0.335 e. The molecule has 1 saturated carbocycles. The third kappa shape index (κ3) is 3.55. The van der Waals surface area contributed by atoms with E-state index in [1.54, 1.807) is 16.7 Å². The number of ether oxygens (including phenoxy) is 1. The van der Waals surface area contributed by atoms with Crippen molar-refractivity contribution < 1.29 is 32.9 Å². The van der Waals surface area contributed by atoms with E-state index in [0.29, 0.717) is 35.2 Å². The van der Waals surface area contributed by atoms with E-state index in [1.807, 2.05) is 0 Å². The predicted molar refractivity (Wildman–Crippen MR) is 127 cm³/mol. The number of nitrogens with zero attached hydrogens (tertiary/aromatic N) is 1. The number of fused-ring (bicyclic) bond motifs is 4.